The van der Waals surface area contributed by atoms with Crippen LogP contribution in [0, 0.1) is 11.8 Å². The molecule has 150 valence electrons. The molecule has 8 heteroatoms. The number of Topliss-reactive ketones (excluding diaryl/α,β-unsaturated/α-hetero) is 1. The van der Waals surface area contributed by atoms with Crippen LogP contribution in [0.3, 0.4) is 0 Å². The van der Waals surface area contributed by atoms with Crippen LogP contribution in [0.5, 0.6) is 0 Å². The van der Waals surface area contributed by atoms with Crippen molar-refractivity contribution in [1.29, 1.82) is 0 Å². The number of carbonyl (C=O) groups is 2. The lowest BCUT2D eigenvalue weighted by Crippen LogP contribution is -2.51. The lowest BCUT2D eigenvalue weighted by atomic mass is 10.0. The Morgan fingerprint density at radius 1 is 1.07 bits per heavy atom. The summed E-state index contributed by atoms with van der Waals surface area (Å²) < 4.78 is 28.3. The van der Waals surface area contributed by atoms with Gasteiger partial charge in [-0.2, -0.15) is 12.7 Å². The predicted octanol–water partition coefficient (Wildman–Crippen LogP) is 2.42. The molecule has 0 aromatic heterocycles. The molecule has 0 aliphatic carbocycles. The van der Waals surface area contributed by atoms with Gasteiger partial charge in [0, 0.05) is 42.2 Å². The first-order valence-corrected chi connectivity index (χ1v) is 10.8. The van der Waals surface area contributed by atoms with Crippen LogP contribution in [0.1, 0.15) is 50.9 Å². The van der Waals surface area contributed by atoms with Crippen molar-refractivity contribution in [2.24, 2.45) is 11.8 Å². The molecular weight excluding hydrogens is 366 g/mol. The van der Waals surface area contributed by atoms with Gasteiger partial charge in [-0.15, -0.1) is 0 Å². The minimum atomic E-state index is -3.83. The Hall–Kier alpha value is -1.93. The van der Waals surface area contributed by atoms with E-state index in [1.807, 2.05) is 26.0 Å². The molecule has 7 nitrogen and oxygen atoms in total. The molecular formula is C19H29N3O4S. The molecule has 1 unspecified atom stereocenters. The zero-order chi connectivity index (χ0) is 20.2. The molecule has 1 fully saturated rings. The van der Waals surface area contributed by atoms with Crippen molar-refractivity contribution in [1.82, 2.24) is 9.03 Å². The van der Waals surface area contributed by atoms with Crippen molar-refractivity contribution in [3.05, 3.63) is 29.8 Å². The van der Waals surface area contributed by atoms with Gasteiger partial charge in [-0.05, 0) is 37.1 Å². The van der Waals surface area contributed by atoms with Crippen LogP contribution in [0.4, 0.5) is 5.69 Å². The number of amides is 1. The van der Waals surface area contributed by atoms with Gasteiger partial charge in [-0.25, -0.2) is 4.72 Å². The summed E-state index contributed by atoms with van der Waals surface area (Å²) in [5.41, 5.74) is 1.51. The van der Waals surface area contributed by atoms with Crippen molar-refractivity contribution in [3.63, 3.8) is 0 Å². The van der Waals surface area contributed by atoms with E-state index in [1.165, 1.54) is 4.31 Å². The van der Waals surface area contributed by atoms with Gasteiger partial charge in [0.25, 0.3) is 0 Å². The van der Waals surface area contributed by atoms with Gasteiger partial charge in [0.05, 0.1) is 0 Å². The molecule has 1 aromatic rings. The van der Waals surface area contributed by atoms with Crippen molar-refractivity contribution in [3.8, 4) is 0 Å². The zero-order valence-corrected chi connectivity index (χ0v) is 17.2. The normalized spacial score (nSPS) is 18.5. The predicted molar refractivity (Wildman–Crippen MR) is 106 cm³/mol. The number of piperidine rings is 1. The molecule has 27 heavy (non-hydrogen) atoms. The number of nitrogens with one attached hydrogen (secondary N) is 2. The van der Waals surface area contributed by atoms with Crippen molar-refractivity contribution >= 4 is 27.6 Å². The second-order valence-corrected chi connectivity index (χ2v) is 9.23. The van der Waals surface area contributed by atoms with Gasteiger partial charge in [0.15, 0.2) is 5.78 Å². The first-order valence-electron chi connectivity index (χ1n) is 9.32. The molecule has 1 aliphatic rings. The summed E-state index contributed by atoms with van der Waals surface area (Å²) >= 11 is 0. The highest BCUT2D eigenvalue weighted by atomic mass is 32.2. The maximum Gasteiger partial charge on any atom is 0.303 e. The molecule has 1 heterocycles. The first kappa shape index (κ1) is 21.4. The maximum absolute atomic E-state index is 12.4. The summed E-state index contributed by atoms with van der Waals surface area (Å²) in [7, 11) is -3.83. The van der Waals surface area contributed by atoms with Gasteiger partial charge >= 0.3 is 10.2 Å². The van der Waals surface area contributed by atoms with Gasteiger partial charge in [0.1, 0.15) is 0 Å². The number of hydrogen-bond donors (Lipinski definition) is 2. The van der Waals surface area contributed by atoms with E-state index < -0.39 is 22.0 Å². The van der Waals surface area contributed by atoms with Crippen molar-refractivity contribution in [2.75, 3.05) is 18.4 Å². The largest absolute Gasteiger partial charge is 0.381 e. The standard InChI is InChI=1S/C19H29N3O4S/c1-13(2)18(23)15-7-9-16(10-8-15)20-17-6-5-11-22(12-17)27(25,26)21-19(24)14(3)4/h7-10,13-14,17,20H,5-6,11-12H2,1-4H3,(H,21,24). The van der Waals surface area contributed by atoms with Crippen molar-refractivity contribution < 1.29 is 18.0 Å². The summed E-state index contributed by atoms with van der Waals surface area (Å²) in [6, 6.07) is 7.18. The fraction of sp³-hybridized carbons (Fsp3) is 0.579. The third-order valence-electron chi connectivity index (χ3n) is 4.54. The van der Waals surface area contributed by atoms with E-state index >= 15 is 0 Å². The van der Waals surface area contributed by atoms with E-state index in [2.05, 4.69) is 10.0 Å². The Bertz CT molecular complexity index is 773. The van der Waals surface area contributed by atoms with Gasteiger partial charge < -0.3 is 5.32 Å². The van der Waals surface area contributed by atoms with Crippen LogP contribution in [0.25, 0.3) is 0 Å². The highest BCUT2D eigenvalue weighted by molar-refractivity contribution is 7.87. The number of hydrogen-bond acceptors (Lipinski definition) is 5. The Morgan fingerprint density at radius 2 is 1.70 bits per heavy atom. The van der Waals surface area contributed by atoms with E-state index in [1.54, 1.807) is 26.0 Å². The second kappa shape index (κ2) is 8.84. The van der Waals surface area contributed by atoms with Gasteiger partial charge in [0.2, 0.25) is 5.91 Å². The minimum absolute atomic E-state index is 0.0537. The summed E-state index contributed by atoms with van der Waals surface area (Å²) in [5, 5.41) is 3.32. The molecule has 1 saturated heterocycles. The fourth-order valence-electron chi connectivity index (χ4n) is 2.89. The van der Waals surface area contributed by atoms with Crippen LogP contribution in [-0.2, 0) is 15.0 Å². The fourth-order valence-corrected chi connectivity index (χ4v) is 4.25. The molecule has 1 aromatic carbocycles. The van der Waals surface area contributed by atoms with Crippen LogP contribution in [0.15, 0.2) is 24.3 Å². The van der Waals surface area contributed by atoms with Crippen molar-refractivity contribution in [2.45, 2.75) is 46.6 Å². The molecule has 0 bridgehead atoms. The average Bonchev–Trinajstić information content (AvgIpc) is 2.61. The lowest BCUT2D eigenvalue weighted by Gasteiger charge is -2.32. The third-order valence-corrected chi connectivity index (χ3v) is 6.01. The van der Waals surface area contributed by atoms with Gasteiger partial charge in [-0.1, -0.05) is 27.7 Å². The van der Waals surface area contributed by atoms with E-state index in [9.17, 15) is 18.0 Å². The second-order valence-electron chi connectivity index (χ2n) is 7.56. The highest BCUT2D eigenvalue weighted by Crippen LogP contribution is 2.19. The van der Waals surface area contributed by atoms with Crippen LogP contribution >= 0.6 is 0 Å². The average molecular weight is 396 g/mol. The summed E-state index contributed by atoms with van der Waals surface area (Å²) in [6.07, 6.45) is 1.54. The maximum atomic E-state index is 12.4. The quantitative estimate of drug-likeness (QED) is 0.691. The Balaban J connectivity index is 2.00. The van der Waals surface area contributed by atoms with Gasteiger partial charge in [-0.3, -0.25) is 9.59 Å². The Morgan fingerprint density at radius 3 is 2.26 bits per heavy atom. The lowest BCUT2D eigenvalue weighted by molar-refractivity contribution is -0.122. The first-order chi connectivity index (χ1) is 12.6. The molecule has 0 spiro atoms. The van der Waals surface area contributed by atoms with E-state index in [4.69, 9.17) is 0 Å². The molecule has 1 aliphatic heterocycles. The smallest absolute Gasteiger partial charge is 0.303 e. The number of carbonyl (C=O) groups excluding carboxylic acids is 2. The number of nitrogens with zero attached hydrogens (tertiary/aromatic N) is 1. The minimum Gasteiger partial charge on any atom is -0.381 e. The topological polar surface area (TPSA) is 95.6 Å². The number of ketones is 1. The zero-order valence-electron chi connectivity index (χ0n) is 16.4. The number of benzene rings is 1. The summed E-state index contributed by atoms with van der Waals surface area (Å²) in [6.45, 7) is 7.71. The monoisotopic (exact) mass is 395 g/mol. The summed E-state index contributed by atoms with van der Waals surface area (Å²) in [5.74, 6) is -0.861. The SMILES string of the molecule is CC(C)C(=O)NS(=O)(=O)N1CCCC(Nc2ccc(C(=O)C(C)C)cc2)C1. The molecule has 2 rings (SSSR count). The molecule has 0 saturated carbocycles. The number of rotatable bonds is 7. The Labute approximate surface area is 161 Å². The van der Waals surface area contributed by atoms with E-state index in [0.717, 1.165) is 12.1 Å². The van der Waals surface area contributed by atoms with E-state index in [0.29, 0.717) is 18.5 Å². The summed E-state index contributed by atoms with van der Waals surface area (Å²) in [4.78, 5) is 23.8. The van der Waals surface area contributed by atoms with Crippen LogP contribution in [-0.4, -0.2) is 43.5 Å². The van der Waals surface area contributed by atoms with Crippen LogP contribution in [0.2, 0.25) is 0 Å². The number of anilines is 1. The molecule has 1 atom stereocenters. The Kier molecular flexibility index (Phi) is 7.00. The molecule has 0 radical (unpaired) electrons. The van der Waals surface area contributed by atoms with Crippen LogP contribution < -0.4 is 10.0 Å². The molecule has 1 amide bonds. The molecule has 2 N–H and O–H groups in total. The van der Waals surface area contributed by atoms with E-state index in [-0.39, 0.29) is 24.3 Å². The third kappa shape index (κ3) is 5.77. The highest BCUT2D eigenvalue weighted by Gasteiger charge is 2.30.